The van der Waals surface area contributed by atoms with E-state index in [4.69, 9.17) is 5.26 Å². The van der Waals surface area contributed by atoms with Crippen molar-refractivity contribution in [3.8, 4) is 6.07 Å². The Morgan fingerprint density at radius 3 is 2.76 bits per heavy atom. The predicted molar refractivity (Wildman–Crippen MR) is 64.2 cm³/mol. The molecule has 0 saturated heterocycles. The fraction of sp³-hybridized carbons (Fsp3) is 0.385. The molecule has 0 heterocycles. The highest BCUT2D eigenvalue weighted by Crippen LogP contribution is 2.14. The second-order valence-electron chi connectivity index (χ2n) is 3.87. The van der Waals surface area contributed by atoms with E-state index < -0.39 is 0 Å². The molecule has 17 heavy (non-hydrogen) atoms. The molecule has 1 N–H and O–H groups in total. The number of esters is 1. The maximum Gasteiger partial charge on any atom is 0.322 e. The van der Waals surface area contributed by atoms with Crippen molar-refractivity contribution in [1.29, 1.82) is 5.26 Å². The lowest BCUT2D eigenvalue weighted by Gasteiger charge is -2.18. The molecule has 2 atom stereocenters. The maximum absolute atomic E-state index is 11.3. The molecular weight excluding hydrogens is 216 g/mol. The van der Waals surface area contributed by atoms with Gasteiger partial charge in [-0.1, -0.05) is 12.1 Å². The van der Waals surface area contributed by atoms with Gasteiger partial charge in [-0.15, -0.1) is 0 Å². The number of carbonyl (C=O) groups is 1. The number of rotatable bonds is 4. The van der Waals surface area contributed by atoms with Gasteiger partial charge in [0.2, 0.25) is 0 Å². The quantitative estimate of drug-likeness (QED) is 0.804. The van der Waals surface area contributed by atoms with E-state index in [2.05, 4.69) is 16.1 Å². The summed E-state index contributed by atoms with van der Waals surface area (Å²) in [7, 11) is 1.36. The van der Waals surface area contributed by atoms with Crippen molar-refractivity contribution in [2.45, 2.75) is 25.9 Å². The van der Waals surface area contributed by atoms with E-state index >= 15 is 0 Å². The Morgan fingerprint density at radius 2 is 2.18 bits per heavy atom. The SMILES string of the molecule is COC(=O)C(C)NC(C)c1cccc(C#N)c1. The van der Waals surface area contributed by atoms with E-state index in [-0.39, 0.29) is 18.1 Å². The lowest BCUT2D eigenvalue weighted by atomic mass is 10.1. The van der Waals surface area contributed by atoms with Crippen LogP contribution >= 0.6 is 0 Å². The second-order valence-corrected chi connectivity index (χ2v) is 3.87. The summed E-state index contributed by atoms with van der Waals surface area (Å²) in [5.74, 6) is -0.298. The van der Waals surface area contributed by atoms with Crippen LogP contribution in [0.15, 0.2) is 24.3 Å². The van der Waals surface area contributed by atoms with Crippen LogP contribution < -0.4 is 5.32 Å². The summed E-state index contributed by atoms with van der Waals surface area (Å²) < 4.78 is 4.64. The van der Waals surface area contributed by atoms with Crippen molar-refractivity contribution in [2.24, 2.45) is 0 Å². The van der Waals surface area contributed by atoms with Crippen molar-refractivity contribution in [2.75, 3.05) is 7.11 Å². The number of benzene rings is 1. The number of methoxy groups -OCH3 is 1. The largest absolute Gasteiger partial charge is 0.468 e. The number of nitriles is 1. The minimum atomic E-state index is -0.374. The first kappa shape index (κ1) is 13.2. The van der Waals surface area contributed by atoms with Crippen LogP contribution in [-0.4, -0.2) is 19.1 Å². The Bertz CT molecular complexity index is 437. The van der Waals surface area contributed by atoms with Crippen LogP contribution in [0.4, 0.5) is 0 Å². The lowest BCUT2D eigenvalue weighted by Crippen LogP contribution is -2.36. The molecule has 1 rings (SSSR count). The van der Waals surface area contributed by atoms with Crippen LogP contribution in [-0.2, 0) is 9.53 Å². The zero-order valence-corrected chi connectivity index (χ0v) is 10.2. The molecule has 0 bridgehead atoms. The van der Waals surface area contributed by atoms with E-state index in [0.29, 0.717) is 5.56 Å². The maximum atomic E-state index is 11.3. The molecule has 0 spiro atoms. The van der Waals surface area contributed by atoms with Gasteiger partial charge in [0.15, 0.2) is 0 Å². The van der Waals surface area contributed by atoms with E-state index in [1.54, 1.807) is 13.0 Å². The monoisotopic (exact) mass is 232 g/mol. The third-order valence-electron chi connectivity index (χ3n) is 2.57. The topological polar surface area (TPSA) is 62.1 Å². The molecule has 0 aliphatic heterocycles. The highest BCUT2D eigenvalue weighted by molar-refractivity contribution is 5.75. The number of nitrogens with zero attached hydrogens (tertiary/aromatic N) is 1. The standard InChI is InChI=1S/C13H16N2O2/c1-9(15-10(2)13(16)17-3)12-6-4-5-11(7-12)8-14/h4-7,9-10,15H,1-3H3. The van der Waals surface area contributed by atoms with Crippen molar-refractivity contribution in [1.82, 2.24) is 5.32 Å². The predicted octanol–water partition coefficient (Wildman–Crippen LogP) is 1.77. The van der Waals surface area contributed by atoms with Gasteiger partial charge in [0, 0.05) is 6.04 Å². The van der Waals surface area contributed by atoms with Gasteiger partial charge in [0.05, 0.1) is 18.7 Å². The molecule has 0 radical (unpaired) electrons. The van der Waals surface area contributed by atoms with E-state index in [0.717, 1.165) is 5.56 Å². The minimum Gasteiger partial charge on any atom is -0.468 e. The molecule has 4 heteroatoms. The molecule has 0 saturated carbocycles. The average molecular weight is 232 g/mol. The van der Waals surface area contributed by atoms with Gasteiger partial charge in [0.25, 0.3) is 0 Å². The van der Waals surface area contributed by atoms with Gasteiger partial charge in [-0.25, -0.2) is 0 Å². The van der Waals surface area contributed by atoms with E-state index in [9.17, 15) is 4.79 Å². The molecule has 4 nitrogen and oxygen atoms in total. The van der Waals surface area contributed by atoms with Gasteiger partial charge in [0.1, 0.15) is 6.04 Å². The number of hydrogen-bond acceptors (Lipinski definition) is 4. The third-order valence-corrected chi connectivity index (χ3v) is 2.57. The van der Waals surface area contributed by atoms with Gasteiger partial charge < -0.3 is 4.74 Å². The summed E-state index contributed by atoms with van der Waals surface area (Å²) in [6.45, 7) is 3.69. The second kappa shape index (κ2) is 6.02. The number of hydrogen-bond donors (Lipinski definition) is 1. The Labute approximate surface area is 101 Å². The summed E-state index contributed by atoms with van der Waals surface area (Å²) in [5, 5.41) is 11.9. The van der Waals surface area contributed by atoms with Crippen molar-refractivity contribution in [3.63, 3.8) is 0 Å². The highest BCUT2D eigenvalue weighted by atomic mass is 16.5. The van der Waals surface area contributed by atoms with E-state index in [1.165, 1.54) is 7.11 Å². The van der Waals surface area contributed by atoms with Gasteiger partial charge >= 0.3 is 5.97 Å². The van der Waals surface area contributed by atoms with Gasteiger partial charge in [-0.3, -0.25) is 10.1 Å². The zero-order chi connectivity index (χ0) is 12.8. The molecular formula is C13H16N2O2. The number of nitrogens with one attached hydrogen (secondary N) is 1. The molecule has 0 fully saturated rings. The normalized spacial score (nSPS) is 13.5. The first-order chi connectivity index (χ1) is 8.08. The van der Waals surface area contributed by atoms with Crippen LogP contribution in [0.1, 0.15) is 31.0 Å². The van der Waals surface area contributed by atoms with Crippen molar-refractivity contribution < 1.29 is 9.53 Å². The van der Waals surface area contributed by atoms with Crippen LogP contribution in [0, 0.1) is 11.3 Å². The summed E-state index contributed by atoms with van der Waals surface area (Å²) in [6, 6.07) is 9.00. The molecule has 0 amide bonds. The van der Waals surface area contributed by atoms with E-state index in [1.807, 2.05) is 25.1 Å². The first-order valence-electron chi connectivity index (χ1n) is 5.42. The Kier molecular flexibility index (Phi) is 4.68. The van der Waals surface area contributed by atoms with Gasteiger partial charge in [-0.2, -0.15) is 5.26 Å². The Morgan fingerprint density at radius 1 is 1.47 bits per heavy atom. The number of carbonyl (C=O) groups excluding carboxylic acids is 1. The zero-order valence-electron chi connectivity index (χ0n) is 10.2. The summed E-state index contributed by atoms with van der Waals surface area (Å²) in [6.07, 6.45) is 0. The van der Waals surface area contributed by atoms with Gasteiger partial charge in [-0.05, 0) is 31.5 Å². The Balaban J connectivity index is 2.73. The fourth-order valence-corrected chi connectivity index (χ4v) is 1.59. The molecule has 0 aromatic heterocycles. The summed E-state index contributed by atoms with van der Waals surface area (Å²) >= 11 is 0. The third kappa shape index (κ3) is 3.58. The molecule has 0 aliphatic carbocycles. The molecule has 0 aliphatic rings. The van der Waals surface area contributed by atoms with Crippen molar-refractivity contribution in [3.05, 3.63) is 35.4 Å². The summed E-state index contributed by atoms with van der Waals surface area (Å²) in [5.41, 5.74) is 1.58. The van der Waals surface area contributed by atoms with Crippen LogP contribution in [0.5, 0.6) is 0 Å². The van der Waals surface area contributed by atoms with Crippen LogP contribution in [0.3, 0.4) is 0 Å². The highest BCUT2D eigenvalue weighted by Gasteiger charge is 2.16. The molecule has 1 aromatic rings. The van der Waals surface area contributed by atoms with Crippen LogP contribution in [0.2, 0.25) is 0 Å². The molecule has 1 aromatic carbocycles. The van der Waals surface area contributed by atoms with Crippen LogP contribution in [0.25, 0.3) is 0 Å². The smallest absolute Gasteiger partial charge is 0.322 e. The molecule has 90 valence electrons. The average Bonchev–Trinajstić information content (AvgIpc) is 2.37. The molecule has 2 unspecified atom stereocenters. The Hall–Kier alpha value is -1.86. The van der Waals surface area contributed by atoms with Crippen molar-refractivity contribution >= 4 is 5.97 Å². The number of ether oxygens (including phenoxy) is 1. The minimum absolute atomic E-state index is 0.0163. The lowest BCUT2D eigenvalue weighted by molar-refractivity contribution is -0.142. The fourth-order valence-electron chi connectivity index (χ4n) is 1.59. The summed E-state index contributed by atoms with van der Waals surface area (Å²) in [4.78, 5) is 11.3. The first-order valence-corrected chi connectivity index (χ1v) is 5.42.